The Morgan fingerprint density at radius 1 is 0.436 bits per heavy atom. The summed E-state index contributed by atoms with van der Waals surface area (Å²) in [6.07, 6.45) is 2.25. The lowest BCUT2D eigenvalue weighted by Crippen LogP contribution is -2.24. The van der Waals surface area contributed by atoms with Crippen LogP contribution in [0.25, 0.3) is 0 Å². The highest BCUT2D eigenvalue weighted by molar-refractivity contribution is 8.14. The minimum absolute atomic E-state index is 0.751. The molecule has 0 radical (unpaired) electrons. The van der Waals surface area contributed by atoms with Gasteiger partial charge in [-0.1, -0.05) is 78.2 Å². The highest BCUT2D eigenvalue weighted by atomic mass is 32.2. The summed E-state index contributed by atoms with van der Waals surface area (Å²) in [4.78, 5) is 2.92. The van der Waals surface area contributed by atoms with Crippen molar-refractivity contribution in [1.29, 1.82) is 0 Å². The second-order valence-electron chi connectivity index (χ2n) is 8.30. The molecule has 222 valence electrons. The molecule has 0 saturated carbocycles. The standard InChI is InChI=1S/C27H45N3S9/c1-10-34-28(35-11-2)25(31)16-22-19(7)23(17-26(32)29(36-12-3)37-13-4)21(9)24(20(22)8)18-27(33)30(38-14-5)39-15-6/h10-18H2,1-9H3. The van der Waals surface area contributed by atoms with Crippen LogP contribution < -0.4 is 0 Å². The Balaban J connectivity index is 3.63. The molecule has 0 spiro atoms. The van der Waals surface area contributed by atoms with Gasteiger partial charge in [-0.3, -0.25) is 11.1 Å². The van der Waals surface area contributed by atoms with E-state index < -0.39 is 0 Å². The monoisotopic (exact) mass is 699 g/mol. The van der Waals surface area contributed by atoms with E-state index in [-0.39, 0.29) is 0 Å². The van der Waals surface area contributed by atoms with Gasteiger partial charge in [-0.15, -0.1) is 0 Å². The molecule has 0 aliphatic rings. The molecule has 1 aromatic carbocycles. The summed E-state index contributed by atoms with van der Waals surface area (Å²) in [6, 6.07) is 0. The molecule has 39 heavy (non-hydrogen) atoms. The third-order valence-electron chi connectivity index (χ3n) is 5.79. The minimum atomic E-state index is 0.751. The Kier molecular flexibility index (Phi) is 20.3. The molecule has 0 N–H and O–H groups in total. The highest BCUT2D eigenvalue weighted by Gasteiger charge is 2.24. The van der Waals surface area contributed by atoms with Crippen LogP contribution in [-0.2, 0) is 19.3 Å². The Bertz CT molecular complexity index is 797. The topological polar surface area (TPSA) is 9.72 Å². The van der Waals surface area contributed by atoms with Crippen molar-refractivity contribution in [1.82, 2.24) is 11.1 Å². The molecule has 0 aliphatic heterocycles. The zero-order valence-corrected chi connectivity index (χ0v) is 32.2. The second-order valence-corrected chi connectivity index (χ2v) is 17.6. The van der Waals surface area contributed by atoms with Crippen molar-refractivity contribution in [2.45, 2.75) is 81.6 Å². The summed E-state index contributed by atoms with van der Waals surface area (Å²) >= 11 is 28.8. The van der Waals surface area contributed by atoms with Gasteiger partial charge in [0.25, 0.3) is 0 Å². The van der Waals surface area contributed by atoms with Crippen molar-refractivity contribution in [2.75, 3.05) is 34.5 Å². The van der Waals surface area contributed by atoms with E-state index in [1.54, 1.807) is 71.7 Å². The molecule has 0 bridgehead atoms. The molecule has 0 amide bonds. The smallest absolute Gasteiger partial charge is 0.104 e. The first-order valence-corrected chi connectivity index (χ1v) is 20.4. The normalized spacial score (nSPS) is 11.0. The Labute approximate surface area is 281 Å². The van der Waals surface area contributed by atoms with Gasteiger partial charge in [-0.05, 0) is 126 Å². The molecular formula is C27H45N3S9. The fraction of sp³-hybridized carbons (Fsp3) is 0.667. The summed E-state index contributed by atoms with van der Waals surface area (Å²) < 4.78 is 6.70. The number of thiocarbonyl (C=S) groups is 3. The van der Waals surface area contributed by atoms with E-state index in [1.165, 1.54) is 33.4 Å². The molecule has 0 fully saturated rings. The molecular weight excluding hydrogens is 655 g/mol. The van der Waals surface area contributed by atoms with Gasteiger partial charge in [-0.2, -0.15) is 0 Å². The zero-order chi connectivity index (χ0) is 29.5. The van der Waals surface area contributed by atoms with Gasteiger partial charge in [0.05, 0.1) is 0 Å². The number of benzene rings is 1. The average molecular weight is 700 g/mol. The van der Waals surface area contributed by atoms with Crippen LogP contribution in [0.1, 0.15) is 74.9 Å². The maximum Gasteiger partial charge on any atom is 0.104 e. The van der Waals surface area contributed by atoms with Gasteiger partial charge < -0.3 is 0 Å². The first-order chi connectivity index (χ1) is 18.6. The Morgan fingerprint density at radius 3 is 0.769 bits per heavy atom. The number of hydrogen-bond acceptors (Lipinski definition) is 9. The number of rotatable bonds is 18. The quantitative estimate of drug-likeness (QED) is 0.107. The lowest BCUT2D eigenvalue weighted by Gasteiger charge is -2.28. The molecule has 0 heterocycles. The predicted octanol–water partition coefficient (Wildman–Crippen LogP) is 10.1. The predicted molar refractivity (Wildman–Crippen MR) is 204 cm³/mol. The molecule has 0 saturated heterocycles. The minimum Gasteiger partial charge on any atom is -0.252 e. The van der Waals surface area contributed by atoms with Gasteiger partial charge in [0.15, 0.2) is 0 Å². The maximum atomic E-state index is 6.03. The fourth-order valence-corrected chi connectivity index (χ4v) is 10.9. The Hall–Kier alpha value is 0.990. The molecule has 0 atom stereocenters. The lowest BCUT2D eigenvalue weighted by molar-refractivity contribution is 1.00. The van der Waals surface area contributed by atoms with E-state index in [9.17, 15) is 0 Å². The van der Waals surface area contributed by atoms with E-state index in [0.29, 0.717) is 0 Å². The van der Waals surface area contributed by atoms with Crippen LogP contribution >= 0.6 is 108 Å². The molecule has 12 heteroatoms. The SMILES string of the molecule is CCSN(SCC)C(=S)Cc1c(C)c(CC(=S)N(SCC)SCC)c(C)c(CC(=S)N(SCC)SCC)c1C. The molecule has 1 rings (SSSR count). The average Bonchev–Trinajstić information content (AvgIpc) is 2.90. The van der Waals surface area contributed by atoms with Crippen LogP contribution in [0.3, 0.4) is 0 Å². The van der Waals surface area contributed by atoms with Gasteiger partial charge in [0.2, 0.25) is 0 Å². The molecule has 0 unspecified atom stereocenters. The van der Waals surface area contributed by atoms with Crippen molar-refractivity contribution in [3.8, 4) is 0 Å². The summed E-state index contributed by atoms with van der Waals surface area (Å²) in [5.41, 5.74) is 7.94. The van der Waals surface area contributed by atoms with Crippen molar-refractivity contribution in [3.05, 3.63) is 33.4 Å². The van der Waals surface area contributed by atoms with Gasteiger partial charge in [-0.25, -0.2) is 0 Å². The molecule has 0 aliphatic carbocycles. The van der Waals surface area contributed by atoms with Crippen LogP contribution in [0.2, 0.25) is 0 Å². The second kappa shape index (κ2) is 20.8. The van der Waals surface area contributed by atoms with E-state index >= 15 is 0 Å². The largest absolute Gasteiger partial charge is 0.252 e. The lowest BCUT2D eigenvalue weighted by atomic mass is 9.84. The van der Waals surface area contributed by atoms with Crippen LogP contribution in [0, 0.1) is 20.8 Å². The third kappa shape index (κ3) is 11.9. The summed E-state index contributed by atoms with van der Waals surface area (Å²) in [5, 5.41) is 0. The third-order valence-corrected chi connectivity index (χ3v) is 13.6. The van der Waals surface area contributed by atoms with Crippen molar-refractivity contribution >= 4 is 123 Å². The maximum absolute atomic E-state index is 6.03. The van der Waals surface area contributed by atoms with Gasteiger partial charge in [0, 0.05) is 53.8 Å². The first kappa shape index (κ1) is 38.0. The van der Waals surface area contributed by atoms with E-state index in [1.807, 2.05) is 0 Å². The van der Waals surface area contributed by atoms with Gasteiger partial charge >= 0.3 is 0 Å². The summed E-state index contributed by atoms with van der Waals surface area (Å²) in [6.45, 7) is 19.9. The fourth-order valence-electron chi connectivity index (χ4n) is 4.08. The van der Waals surface area contributed by atoms with E-state index in [2.05, 4.69) is 73.4 Å². The molecule has 0 aromatic heterocycles. The molecule has 3 nitrogen and oxygen atoms in total. The zero-order valence-electron chi connectivity index (χ0n) is 24.9. The van der Waals surface area contributed by atoms with Gasteiger partial charge in [0.1, 0.15) is 15.0 Å². The number of nitrogens with zero attached hydrogens (tertiary/aromatic N) is 3. The van der Waals surface area contributed by atoms with E-state index in [4.69, 9.17) is 36.7 Å². The summed E-state index contributed by atoms with van der Waals surface area (Å²) in [7, 11) is 0. The van der Waals surface area contributed by atoms with Crippen LogP contribution in [0.5, 0.6) is 0 Å². The highest BCUT2D eigenvalue weighted by Crippen LogP contribution is 2.34. The Morgan fingerprint density at radius 2 is 0.615 bits per heavy atom. The van der Waals surface area contributed by atoms with Crippen molar-refractivity contribution < 1.29 is 0 Å². The van der Waals surface area contributed by atoms with Crippen LogP contribution in [0.4, 0.5) is 0 Å². The van der Waals surface area contributed by atoms with E-state index in [0.717, 1.165) is 68.7 Å². The number of hydrogen-bond donors (Lipinski definition) is 0. The van der Waals surface area contributed by atoms with Crippen LogP contribution in [0.15, 0.2) is 0 Å². The molecule has 1 aromatic rings. The van der Waals surface area contributed by atoms with Crippen LogP contribution in [-0.4, -0.2) is 60.6 Å². The van der Waals surface area contributed by atoms with Crippen molar-refractivity contribution in [3.63, 3.8) is 0 Å². The van der Waals surface area contributed by atoms with Crippen molar-refractivity contribution in [2.24, 2.45) is 0 Å². The first-order valence-electron chi connectivity index (χ1n) is 13.5. The summed E-state index contributed by atoms with van der Waals surface area (Å²) in [5.74, 6) is 5.99.